The van der Waals surface area contributed by atoms with Gasteiger partial charge >= 0.3 is 5.97 Å². The minimum atomic E-state index is -3.94. The van der Waals surface area contributed by atoms with Crippen LogP contribution in [-0.2, 0) is 14.9 Å². The summed E-state index contributed by atoms with van der Waals surface area (Å²) in [5, 5.41) is 8.70. The van der Waals surface area contributed by atoms with Crippen LogP contribution in [-0.4, -0.2) is 35.8 Å². The van der Waals surface area contributed by atoms with Gasteiger partial charge in [0.1, 0.15) is 6.04 Å². The molecule has 3 atom stereocenters. The monoisotopic (exact) mass is 265 g/mol. The molecule has 1 fully saturated rings. The van der Waals surface area contributed by atoms with Crippen molar-refractivity contribution in [3.63, 3.8) is 0 Å². The molecule has 0 amide bonds. The van der Waals surface area contributed by atoms with Gasteiger partial charge < -0.3 is 10.8 Å². The molecule has 0 aromatic rings. The van der Waals surface area contributed by atoms with Crippen LogP contribution in [0.2, 0.25) is 0 Å². The maximum absolute atomic E-state index is 10.8. The van der Waals surface area contributed by atoms with Gasteiger partial charge in [0.05, 0.1) is 5.75 Å². The molecule has 100 valence electrons. The number of aliphatic carboxylic acids is 1. The molecule has 0 saturated heterocycles. The number of nitrogens with two attached hydrogens (primary N) is 1. The fraction of sp³-hybridized carbons (Fsp3) is 0.900. The molecular formula is C10H19NO5S. The molecule has 0 aliphatic heterocycles. The largest absolute Gasteiger partial charge is 0.480 e. The van der Waals surface area contributed by atoms with E-state index < -0.39 is 22.1 Å². The van der Waals surface area contributed by atoms with Gasteiger partial charge in [0.25, 0.3) is 10.1 Å². The van der Waals surface area contributed by atoms with Crippen molar-refractivity contribution in [2.45, 2.75) is 38.1 Å². The molecule has 17 heavy (non-hydrogen) atoms. The zero-order chi connectivity index (χ0) is 13.1. The summed E-state index contributed by atoms with van der Waals surface area (Å²) in [6.45, 7) is 0. The van der Waals surface area contributed by atoms with E-state index in [2.05, 4.69) is 0 Å². The van der Waals surface area contributed by atoms with Gasteiger partial charge in [-0.25, -0.2) is 0 Å². The summed E-state index contributed by atoms with van der Waals surface area (Å²) >= 11 is 0. The molecule has 7 heteroatoms. The highest BCUT2D eigenvalue weighted by Crippen LogP contribution is 2.32. The molecule has 0 radical (unpaired) electrons. The normalized spacial score (nSPS) is 27.6. The number of hydrogen-bond donors (Lipinski definition) is 3. The molecule has 1 rings (SSSR count). The van der Waals surface area contributed by atoms with Crippen molar-refractivity contribution < 1.29 is 22.9 Å². The maximum atomic E-state index is 10.8. The number of rotatable bonds is 5. The van der Waals surface area contributed by atoms with E-state index in [0.29, 0.717) is 12.8 Å². The van der Waals surface area contributed by atoms with Crippen LogP contribution in [0, 0.1) is 11.8 Å². The third kappa shape index (κ3) is 5.47. The fourth-order valence-electron chi connectivity index (χ4n) is 2.53. The molecule has 2 unspecified atom stereocenters. The Bertz CT molecular complexity index is 367. The lowest BCUT2D eigenvalue weighted by molar-refractivity contribution is -0.139. The first-order chi connectivity index (χ1) is 7.78. The predicted molar refractivity (Wildman–Crippen MR) is 62.1 cm³/mol. The Morgan fingerprint density at radius 2 is 1.94 bits per heavy atom. The van der Waals surface area contributed by atoms with Gasteiger partial charge in [0, 0.05) is 0 Å². The van der Waals surface area contributed by atoms with Crippen LogP contribution in [0.4, 0.5) is 0 Å². The lowest BCUT2D eigenvalue weighted by Gasteiger charge is -2.29. The lowest BCUT2D eigenvalue weighted by Crippen LogP contribution is -2.34. The summed E-state index contributed by atoms with van der Waals surface area (Å²) in [5.41, 5.74) is 5.45. The molecule has 6 nitrogen and oxygen atoms in total. The van der Waals surface area contributed by atoms with E-state index in [-0.39, 0.29) is 17.6 Å². The van der Waals surface area contributed by atoms with E-state index in [9.17, 15) is 13.2 Å². The number of carbonyl (C=O) groups is 1. The van der Waals surface area contributed by atoms with Gasteiger partial charge in [0.2, 0.25) is 0 Å². The van der Waals surface area contributed by atoms with Crippen LogP contribution in [0.25, 0.3) is 0 Å². The van der Waals surface area contributed by atoms with Gasteiger partial charge in [-0.15, -0.1) is 0 Å². The molecule has 0 bridgehead atoms. The number of hydrogen-bond acceptors (Lipinski definition) is 4. The average molecular weight is 265 g/mol. The van der Waals surface area contributed by atoms with E-state index in [1.165, 1.54) is 0 Å². The predicted octanol–water partition coefficient (Wildman–Crippen LogP) is 0.483. The second-order valence-electron chi connectivity index (χ2n) is 4.83. The topological polar surface area (TPSA) is 118 Å². The van der Waals surface area contributed by atoms with Crippen LogP contribution in [0.15, 0.2) is 0 Å². The van der Waals surface area contributed by atoms with E-state index in [1.807, 2.05) is 0 Å². The van der Waals surface area contributed by atoms with Crippen LogP contribution in [0.1, 0.15) is 32.1 Å². The van der Waals surface area contributed by atoms with Crippen molar-refractivity contribution in [1.82, 2.24) is 0 Å². The third-order valence-electron chi connectivity index (χ3n) is 3.24. The first-order valence-electron chi connectivity index (χ1n) is 5.71. The standard InChI is InChI=1S/C10H19NO5S/c11-9(10(12)13)5-7-2-1-3-8(4-7)6-17(14,15)16/h7-9H,1-6,11H2,(H,12,13)(H,14,15,16)/t7?,8?,9-/m0/s1. The zero-order valence-corrected chi connectivity index (χ0v) is 10.4. The SMILES string of the molecule is N[C@@H](CC1CCCC(CS(=O)(=O)O)C1)C(=O)O. The molecule has 0 aromatic heterocycles. The summed E-state index contributed by atoms with van der Waals surface area (Å²) < 4.78 is 30.3. The summed E-state index contributed by atoms with van der Waals surface area (Å²) in [5.74, 6) is -1.19. The van der Waals surface area contributed by atoms with Crippen molar-refractivity contribution in [3.05, 3.63) is 0 Å². The molecule has 4 N–H and O–H groups in total. The summed E-state index contributed by atoms with van der Waals surface area (Å²) in [4.78, 5) is 10.6. The average Bonchev–Trinajstić information content (AvgIpc) is 2.15. The molecule has 1 saturated carbocycles. The molecule has 0 spiro atoms. The smallest absolute Gasteiger partial charge is 0.320 e. The van der Waals surface area contributed by atoms with E-state index in [1.54, 1.807) is 0 Å². The third-order valence-corrected chi connectivity index (χ3v) is 4.13. The highest BCUT2D eigenvalue weighted by atomic mass is 32.2. The van der Waals surface area contributed by atoms with Crippen LogP contribution in [0.3, 0.4) is 0 Å². The Hall–Kier alpha value is -0.660. The van der Waals surface area contributed by atoms with Crippen LogP contribution < -0.4 is 5.73 Å². The van der Waals surface area contributed by atoms with Gasteiger partial charge in [-0.05, 0) is 31.1 Å². The van der Waals surface area contributed by atoms with Crippen molar-refractivity contribution in [2.75, 3.05) is 5.75 Å². The van der Waals surface area contributed by atoms with E-state index in [0.717, 1.165) is 19.3 Å². The zero-order valence-electron chi connectivity index (χ0n) is 9.58. The molecule has 1 aliphatic carbocycles. The molecular weight excluding hydrogens is 246 g/mol. The summed E-state index contributed by atoms with van der Waals surface area (Å²) in [6, 6.07) is -0.885. The minimum Gasteiger partial charge on any atom is -0.480 e. The molecule has 1 aliphatic rings. The second-order valence-corrected chi connectivity index (χ2v) is 6.32. The highest BCUT2D eigenvalue weighted by molar-refractivity contribution is 7.85. The maximum Gasteiger partial charge on any atom is 0.320 e. The summed E-state index contributed by atoms with van der Waals surface area (Å²) in [7, 11) is -3.94. The summed E-state index contributed by atoms with van der Waals surface area (Å²) in [6.07, 6.45) is 3.50. The van der Waals surface area contributed by atoms with E-state index >= 15 is 0 Å². The Labute approximate surface area is 101 Å². The molecule has 0 aromatic carbocycles. The number of carboxylic acids is 1. The number of carboxylic acid groups (broad SMARTS) is 1. The van der Waals surface area contributed by atoms with Gasteiger partial charge in [-0.1, -0.05) is 12.8 Å². The Balaban J connectivity index is 2.46. The lowest BCUT2D eigenvalue weighted by atomic mass is 9.79. The van der Waals surface area contributed by atoms with Crippen molar-refractivity contribution in [3.8, 4) is 0 Å². The van der Waals surface area contributed by atoms with Crippen LogP contribution in [0.5, 0.6) is 0 Å². The molecule has 0 heterocycles. The van der Waals surface area contributed by atoms with E-state index in [4.69, 9.17) is 15.4 Å². The Morgan fingerprint density at radius 1 is 1.35 bits per heavy atom. The minimum absolute atomic E-state index is 0.0789. The first kappa shape index (κ1) is 14.4. The van der Waals surface area contributed by atoms with Crippen LogP contribution >= 0.6 is 0 Å². The first-order valence-corrected chi connectivity index (χ1v) is 7.32. The van der Waals surface area contributed by atoms with Gasteiger partial charge in [0.15, 0.2) is 0 Å². The highest BCUT2D eigenvalue weighted by Gasteiger charge is 2.28. The quantitative estimate of drug-likeness (QED) is 0.622. The van der Waals surface area contributed by atoms with Crippen molar-refractivity contribution >= 4 is 16.1 Å². The Kier molecular flexibility index (Phi) is 4.91. The second kappa shape index (κ2) is 5.79. The fourth-order valence-corrected chi connectivity index (χ4v) is 3.42. The van der Waals surface area contributed by atoms with Gasteiger partial charge in [-0.3, -0.25) is 9.35 Å². The van der Waals surface area contributed by atoms with Crippen molar-refractivity contribution in [1.29, 1.82) is 0 Å². The van der Waals surface area contributed by atoms with Crippen molar-refractivity contribution in [2.24, 2.45) is 17.6 Å². The van der Waals surface area contributed by atoms with Gasteiger partial charge in [-0.2, -0.15) is 8.42 Å². The Morgan fingerprint density at radius 3 is 2.47 bits per heavy atom.